The monoisotopic (exact) mass is 1070 g/mol. The summed E-state index contributed by atoms with van der Waals surface area (Å²) in [4.78, 5) is 101. The molecular weight excluding hydrogens is 997 g/mol. The number of carbonyl (C=O) groups excluding carboxylic acids is 7. The third-order valence-electron chi connectivity index (χ3n) is 10.9. The van der Waals surface area contributed by atoms with Crippen molar-refractivity contribution >= 4 is 61.6 Å². The van der Waals surface area contributed by atoms with E-state index in [1.165, 1.54) is 4.90 Å². The van der Waals surface area contributed by atoms with Gasteiger partial charge in [-0.05, 0) is 81.0 Å². The van der Waals surface area contributed by atoms with Crippen molar-refractivity contribution in [3.8, 4) is 0 Å². The van der Waals surface area contributed by atoms with Crippen LogP contribution in [-0.2, 0) is 66.6 Å². The molecule has 0 saturated carbocycles. The zero-order valence-electron chi connectivity index (χ0n) is 42.7. The van der Waals surface area contributed by atoms with Crippen LogP contribution in [0.2, 0.25) is 0 Å². The van der Waals surface area contributed by atoms with Gasteiger partial charge < -0.3 is 57.4 Å². The molecule has 72 heavy (non-hydrogen) atoms. The second kappa shape index (κ2) is 34.1. The summed E-state index contributed by atoms with van der Waals surface area (Å²) in [5.41, 5.74) is 13.2. The molecule has 0 bridgehead atoms. The second-order valence-corrected chi connectivity index (χ2v) is 20.8. The van der Waals surface area contributed by atoms with Crippen molar-refractivity contribution in [2.24, 2.45) is 23.3 Å². The molecule has 2 saturated heterocycles. The van der Waals surface area contributed by atoms with Crippen molar-refractivity contribution in [1.29, 1.82) is 0 Å². The molecule has 4 rings (SSSR count). The van der Waals surface area contributed by atoms with Crippen LogP contribution in [0.25, 0.3) is 0 Å². The summed E-state index contributed by atoms with van der Waals surface area (Å²) in [5.74, 6) is -4.70. The maximum atomic E-state index is 14.3. The van der Waals surface area contributed by atoms with Crippen molar-refractivity contribution in [2.45, 2.75) is 128 Å². The van der Waals surface area contributed by atoms with Crippen molar-refractivity contribution in [3.63, 3.8) is 0 Å². The summed E-state index contributed by atoms with van der Waals surface area (Å²) < 4.78 is 54.5. The molecule has 0 unspecified atom stereocenters. The van der Waals surface area contributed by atoms with E-state index in [2.05, 4.69) is 31.9 Å². The Morgan fingerprint density at radius 1 is 0.569 bits per heavy atom. The number of nitrogens with two attached hydrogens (primary N) is 2. The number of fused-ring (bicyclic) bond motifs is 1. The molecule has 2 aromatic rings. The molecule has 0 aromatic heterocycles. The molecule has 26 heteroatoms. The van der Waals surface area contributed by atoms with Gasteiger partial charge in [0.15, 0.2) is 0 Å². The van der Waals surface area contributed by atoms with Crippen molar-refractivity contribution in [1.82, 2.24) is 36.8 Å². The van der Waals surface area contributed by atoms with Crippen molar-refractivity contribution in [2.75, 3.05) is 32.1 Å². The number of amides is 7. The first-order valence-corrected chi connectivity index (χ1v) is 26.8. The smallest absolute Gasteiger partial charge is 0.748 e. The molecule has 2 aliphatic heterocycles. The van der Waals surface area contributed by atoms with E-state index in [9.17, 15) is 33.6 Å². The molecule has 2 aliphatic rings. The molecule has 392 valence electrons. The van der Waals surface area contributed by atoms with Crippen LogP contribution in [0.3, 0.4) is 0 Å². The third kappa shape index (κ3) is 27.1. The van der Waals surface area contributed by atoms with Crippen molar-refractivity contribution < 1.29 is 119 Å². The van der Waals surface area contributed by atoms with E-state index in [4.69, 9.17) is 37.4 Å². The summed E-state index contributed by atoms with van der Waals surface area (Å²) in [6, 6.07) is 10.5. The number of hydrogen-bond donors (Lipinski definition) is 8. The number of nitrogens with one attached hydrogen (secondary N) is 6. The molecular formula is C46H71N9Na2O13S2. The van der Waals surface area contributed by atoms with Gasteiger partial charge >= 0.3 is 59.1 Å². The summed E-state index contributed by atoms with van der Waals surface area (Å²) in [6.45, 7) is 8.00. The van der Waals surface area contributed by atoms with Gasteiger partial charge in [-0.15, -0.1) is 0 Å². The normalized spacial score (nSPS) is 22.8. The fourth-order valence-electron chi connectivity index (χ4n) is 7.63. The van der Waals surface area contributed by atoms with Crippen LogP contribution in [-0.4, -0.2) is 147 Å². The van der Waals surface area contributed by atoms with Crippen LogP contribution in [0.4, 0.5) is 0 Å². The average molecular weight is 1070 g/mol. The van der Waals surface area contributed by atoms with E-state index in [0.29, 0.717) is 38.2 Å². The van der Waals surface area contributed by atoms with Crippen LogP contribution >= 0.6 is 0 Å². The van der Waals surface area contributed by atoms with Crippen LogP contribution in [0.1, 0.15) is 83.8 Å². The van der Waals surface area contributed by atoms with Gasteiger partial charge in [0.25, 0.3) is 0 Å². The summed E-state index contributed by atoms with van der Waals surface area (Å²) >= 11 is 0. The molecule has 2 fully saturated rings. The van der Waals surface area contributed by atoms with Gasteiger partial charge in [0.05, 0.1) is 20.2 Å². The quantitative estimate of drug-likeness (QED) is 0.0683. The predicted molar refractivity (Wildman–Crippen MR) is 259 cm³/mol. The first-order chi connectivity index (χ1) is 32.7. The molecule has 10 N–H and O–H groups in total. The molecule has 2 aromatic carbocycles. The molecule has 0 radical (unpaired) electrons. The number of carbonyl (C=O) groups is 7. The molecule has 7 amide bonds. The SMILES string of the molecule is CC(C)C[C@H]1NC(=O)[C@H](Cc2ccccc2)NC(=O)[C@@H]2CCCN2C(=O)[C@@H](CCCN)NC(=O)[C@H](C(C)C)NC(=O)[C@H](CCCN)NC(=O)[C@@H](Cc2ccccc2)NC1=O.CS(=O)(=O)[O-].CS(=O)(=O)[O-].[Na+].[Na+]. The average Bonchev–Trinajstić information content (AvgIpc) is 3.77. The maximum Gasteiger partial charge on any atom is 1.00 e. The van der Waals surface area contributed by atoms with E-state index in [0.717, 1.165) is 11.1 Å². The molecule has 0 spiro atoms. The third-order valence-corrected chi connectivity index (χ3v) is 10.9. The largest absolute Gasteiger partial charge is 1.00 e. The number of nitrogens with zero attached hydrogens (tertiary/aromatic N) is 1. The standard InChI is InChI=1S/C44H65N9O7.2CH4O3S.2Na/c1-27(2)24-33-39(55)50-34(25-29-14-7-5-8-15-29)40(56)47-31(18-11-21-45)38(54)52-37(28(3)4)43(59)48-32(19-12-22-46)44(60)53-23-13-20-36(53)42(58)51-35(41(57)49-33)26-30-16-9-6-10-17-30;2*1-5(2,3)4;;/h5-10,14-17,27-28,31-37H,11-13,18-26,45-46H2,1-4H3,(H,47,56)(H,48,59)(H,49,57)(H,50,55)(H,51,58)(H,52,54);2*1H3,(H,2,3,4);;/q;;;2*+1/p-2/t31-,32+,33+,34+,35-,36-,37-;;;;/m0..../s1. The Hall–Kier alpha value is -3.53. The fourth-order valence-corrected chi connectivity index (χ4v) is 7.63. The summed E-state index contributed by atoms with van der Waals surface area (Å²) in [7, 11) is -7.83. The van der Waals surface area contributed by atoms with Crippen LogP contribution in [0.5, 0.6) is 0 Å². The van der Waals surface area contributed by atoms with E-state index in [-0.39, 0.29) is 117 Å². The van der Waals surface area contributed by atoms with E-state index >= 15 is 0 Å². The second-order valence-electron chi connectivity index (χ2n) is 18.0. The van der Waals surface area contributed by atoms with E-state index in [1.54, 1.807) is 26.0 Å². The summed E-state index contributed by atoms with van der Waals surface area (Å²) in [5, 5.41) is 17.0. The Labute approximate surface area is 468 Å². The van der Waals surface area contributed by atoms with E-state index < -0.39 is 110 Å². The zero-order chi connectivity index (χ0) is 52.8. The molecule has 2 heterocycles. The minimum absolute atomic E-state index is 0. The Bertz CT molecular complexity index is 2220. The molecule has 7 atom stereocenters. The van der Waals surface area contributed by atoms with Crippen LogP contribution in [0.15, 0.2) is 60.7 Å². The Morgan fingerprint density at radius 2 is 0.944 bits per heavy atom. The van der Waals surface area contributed by atoms with Crippen LogP contribution in [0, 0.1) is 11.8 Å². The first kappa shape index (κ1) is 68.5. The van der Waals surface area contributed by atoms with Gasteiger partial charge in [0.2, 0.25) is 41.4 Å². The Balaban J connectivity index is 0.00000381. The zero-order valence-corrected chi connectivity index (χ0v) is 48.3. The van der Waals surface area contributed by atoms with Gasteiger partial charge in [0, 0.05) is 31.9 Å². The first-order valence-electron chi connectivity index (χ1n) is 23.1. The van der Waals surface area contributed by atoms with E-state index in [1.807, 2.05) is 62.4 Å². The van der Waals surface area contributed by atoms with Gasteiger partial charge in [0.1, 0.15) is 42.3 Å². The topological polar surface area (TPSA) is 361 Å². The minimum atomic E-state index is -3.92. The number of rotatable bonds is 13. The van der Waals surface area contributed by atoms with Gasteiger partial charge in [-0.3, -0.25) is 33.6 Å². The Kier molecular flexibility index (Phi) is 32.4. The Morgan fingerprint density at radius 3 is 1.38 bits per heavy atom. The fraction of sp³-hybridized carbons (Fsp3) is 0.587. The molecule has 22 nitrogen and oxygen atoms in total. The molecule has 0 aliphatic carbocycles. The predicted octanol–water partition coefficient (Wildman–Crippen LogP) is -7.10. The van der Waals surface area contributed by atoms with Crippen LogP contribution < -0.4 is 102 Å². The minimum Gasteiger partial charge on any atom is -0.748 e. The number of benzene rings is 2. The van der Waals surface area contributed by atoms with Gasteiger partial charge in [-0.2, -0.15) is 0 Å². The van der Waals surface area contributed by atoms with Crippen molar-refractivity contribution in [3.05, 3.63) is 71.8 Å². The van der Waals surface area contributed by atoms with Gasteiger partial charge in [-0.1, -0.05) is 88.4 Å². The maximum absolute atomic E-state index is 14.3. The summed E-state index contributed by atoms with van der Waals surface area (Å²) in [6.07, 6.45) is 3.47. The van der Waals surface area contributed by atoms with Gasteiger partial charge in [-0.25, -0.2) is 16.8 Å². The number of hydrogen-bond acceptors (Lipinski definition) is 15.